The van der Waals surface area contributed by atoms with Crippen molar-refractivity contribution in [1.82, 2.24) is 4.98 Å². The lowest BCUT2D eigenvalue weighted by molar-refractivity contribution is -0.153. The van der Waals surface area contributed by atoms with E-state index in [0.29, 0.717) is 5.69 Å². The number of esters is 1. The zero-order valence-electron chi connectivity index (χ0n) is 10.4. The van der Waals surface area contributed by atoms with Crippen LogP contribution >= 0.6 is 0 Å². The van der Waals surface area contributed by atoms with Crippen LogP contribution in [0, 0.1) is 0 Å². The molecule has 0 unspecified atom stereocenters. The van der Waals surface area contributed by atoms with E-state index in [1.54, 1.807) is 13.0 Å². The summed E-state index contributed by atoms with van der Waals surface area (Å²) in [4.78, 5) is 37.4. The largest absolute Gasteiger partial charge is 0.460 e. The van der Waals surface area contributed by atoms with Crippen LogP contribution in [0.3, 0.4) is 0 Å². The van der Waals surface area contributed by atoms with Crippen LogP contribution in [0.2, 0.25) is 0 Å². The van der Waals surface area contributed by atoms with Gasteiger partial charge in [-0.3, -0.25) is 9.59 Å². The molecule has 1 aromatic heterocycles. The highest BCUT2D eigenvalue weighted by atomic mass is 16.5. The first-order valence-electron chi connectivity index (χ1n) is 5.92. The molecular weight excluding hydrogens is 246 g/mol. The molecule has 0 saturated carbocycles. The maximum Gasteiger partial charge on any atom is 0.375 e. The van der Waals surface area contributed by atoms with Crippen LogP contribution < -0.4 is 0 Å². The SMILES string of the molecule is CCOC(=O)C(=O)CC(=O)c1cc2ccccc2[nH]1. The first-order chi connectivity index (χ1) is 9.11. The highest BCUT2D eigenvalue weighted by Gasteiger charge is 2.20. The molecule has 0 fully saturated rings. The Morgan fingerprint density at radius 1 is 1.21 bits per heavy atom. The van der Waals surface area contributed by atoms with Gasteiger partial charge in [0.2, 0.25) is 5.78 Å². The number of nitrogens with one attached hydrogen (secondary N) is 1. The Labute approximate surface area is 109 Å². The third-order valence-corrected chi connectivity index (χ3v) is 2.65. The molecule has 1 N–H and O–H groups in total. The molecule has 0 spiro atoms. The van der Waals surface area contributed by atoms with E-state index in [-0.39, 0.29) is 6.61 Å². The van der Waals surface area contributed by atoms with Gasteiger partial charge in [0.25, 0.3) is 0 Å². The van der Waals surface area contributed by atoms with Crippen LogP contribution in [0.1, 0.15) is 23.8 Å². The van der Waals surface area contributed by atoms with Crippen LogP contribution in [-0.4, -0.2) is 29.1 Å². The predicted octanol–water partition coefficient (Wildman–Crippen LogP) is 1.87. The fourth-order valence-electron chi connectivity index (χ4n) is 1.75. The van der Waals surface area contributed by atoms with E-state index >= 15 is 0 Å². The molecule has 2 rings (SSSR count). The molecule has 0 bridgehead atoms. The summed E-state index contributed by atoms with van der Waals surface area (Å²) in [6, 6.07) is 9.05. The molecule has 0 aliphatic heterocycles. The van der Waals surface area contributed by atoms with Gasteiger partial charge in [0.05, 0.1) is 18.7 Å². The van der Waals surface area contributed by atoms with E-state index in [1.807, 2.05) is 24.3 Å². The van der Waals surface area contributed by atoms with Gasteiger partial charge in [-0.05, 0) is 19.1 Å². The number of ether oxygens (including phenoxy) is 1. The van der Waals surface area contributed by atoms with Crippen LogP contribution in [0.5, 0.6) is 0 Å². The molecule has 5 heteroatoms. The van der Waals surface area contributed by atoms with Gasteiger partial charge in [-0.15, -0.1) is 0 Å². The van der Waals surface area contributed by atoms with Crippen molar-refractivity contribution in [2.24, 2.45) is 0 Å². The second kappa shape index (κ2) is 5.48. The summed E-state index contributed by atoms with van der Waals surface area (Å²) in [5.74, 6) is -2.22. The topological polar surface area (TPSA) is 76.2 Å². The summed E-state index contributed by atoms with van der Waals surface area (Å²) < 4.78 is 4.55. The number of ketones is 2. The van der Waals surface area contributed by atoms with Crippen molar-refractivity contribution in [2.45, 2.75) is 13.3 Å². The first-order valence-corrected chi connectivity index (χ1v) is 5.92. The van der Waals surface area contributed by atoms with E-state index in [2.05, 4.69) is 9.72 Å². The third kappa shape index (κ3) is 2.88. The first kappa shape index (κ1) is 13.0. The minimum Gasteiger partial charge on any atom is -0.460 e. The molecule has 0 aliphatic rings. The second-order valence-corrected chi connectivity index (χ2v) is 4.01. The van der Waals surface area contributed by atoms with Gasteiger partial charge in [0, 0.05) is 10.9 Å². The van der Waals surface area contributed by atoms with Crippen molar-refractivity contribution < 1.29 is 19.1 Å². The number of benzene rings is 1. The Morgan fingerprint density at radius 3 is 2.63 bits per heavy atom. The standard InChI is InChI=1S/C14H13NO4/c1-2-19-14(18)13(17)8-12(16)11-7-9-5-3-4-6-10(9)15-11/h3-7,15H,2,8H2,1H3. The lowest BCUT2D eigenvalue weighted by Gasteiger charge is -1.99. The van der Waals surface area contributed by atoms with Crippen LogP contribution in [-0.2, 0) is 14.3 Å². The molecule has 0 saturated heterocycles. The Kier molecular flexibility index (Phi) is 3.75. The lowest BCUT2D eigenvalue weighted by atomic mass is 10.1. The Balaban J connectivity index is 2.11. The molecule has 1 aromatic carbocycles. The molecule has 0 atom stereocenters. The molecule has 0 amide bonds. The molecule has 98 valence electrons. The predicted molar refractivity (Wildman–Crippen MR) is 68.9 cm³/mol. The van der Waals surface area contributed by atoms with Crippen molar-refractivity contribution >= 4 is 28.4 Å². The van der Waals surface area contributed by atoms with Crippen molar-refractivity contribution in [3.8, 4) is 0 Å². The average molecular weight is 259 g/mol. The number of rotatable bonds is 5. The minimum absolute atomic E-state index is 0.116. The fraction of sp³-hybridized carbons (Fsp3) is 0.214. The van der Waals surface area contributed by atoms with Gasteiger partial charge in [0.1, 0.15) is 0 Å². The smallest absolute Gasteiger partial charge is 0.375 e. The van der Waals surface area contributed by atoms with E-state index in [1.165, 1.54) is 0 Å². The molecule has 19 heavy (non-hydrogen) atoms. The quantitative estimate of drug-likeness (QED) is 0.385. The number of hydrogen-bond donors (Lipinski definition) is 1. The highest BCUT2D eigenvalue weighted by molar-refractivity contribution is 6.38. The van der Waals surface area contributed by atoms with Gasteiger partial charge >= 0.3 is 5.97 Å². The van der Waals surface area contributed by atoms with Gasteiger partial charge in [-0.1, -0.05) is 18.2 Å². The maximum atomic E-state index is 11.9. The van der Waals surface area contributed by atoms with Crippen LogP contribution in [0.15, 0.2) is 30.3 Å². The molecule has 1 heterocycles. The summed E-state index contributed by atoms with van der Waals surface area (Å²) >= 11 is 0. The van der Waals surface area contributed by atoms with Crippen molar-refractivity contribution in [3.05, 3.63) is 36.0 Å². The molecule has 0 aliphatic carbocycles. The van der Waals surface area contributed by atoms with E-state index in [4.69, 9.17) is 0 Å². The van der Waals surface area contributed by atoms with Crippen LogP contribution in [0.25, 0.3) is 10.9 Å². The van der Waals surface area contributed by atoms with Gasteiger partial charge in [-0.25, -0.2) is 4.79 Å². The molecule has 2 aromatic rings. The molecule has 0 radical (unpaired) electrons. The Hall–Kier alpha value is -2.43. The van der Waals surface area contributed by atoms with E-state index < -0.39 is 24.0 Å². The van der Waals surface area contributed by atoms with Gasteiger partial charge in [-0.2, -0.15) is 0 Å². The number of hydrogen-bond acceptors (Lipinski definition) is 4. The van der Waals surface area contributed by atoms with E-state index in [9.17, 15) is 14.4 Å². The van der Waals surface area contributed by atoms with E-state index in [0.717, 1.165) is 10.9 Å². The number of para-hydroxylation sites is 1. The summed E-state index contributed by atoms with van der Waals surface area (Å²) in [6.45, 7) is 1.72. The number of H-pyrrole nitrogens is 1. The second-order valence-electron chi connectivity index (χ2n) is 4.01. The summed E-state index contributed by atoms with van der Waals surface area (Å²) in [5.41, 5.74) is 1.13. The van der Waals surface area contributed by atoms with Crippen molar-refractivity contribution in [3.63, 3.8) is 0 Å². The number of aromatic nitrogens is 1. The summed E-state index contributed by atoms with van der Waals surface area (Å²) in [7, 11) is 0. The maximum absolute atomic E-state index is 11.9. The van der Waals surface area contributed by atoms with Crippen molar-refractivity contribution in [1.29, 1.82) is 0 Å². The number of fused-ring (bicyclic) bond motifs is 1. The zero-order valence-corrected chi connectivity index (χ0v) is 10.4. The number of carbonyl (C=O) groups excluding carboxylic acids is 3. The monoisotopic (exact) mass is 259 g/mol. The summed E-state index contributed by atoms with van der Waals surface area (Å²) in [6.07, 6.45) is -0.481. The average Bonchev–Trinajstić information content (AvgIpc) is 2.82. The van der Waals surface area contributed by atoms with Crippen molar-refractivity contribution in [2.75, 3.05) is 6.61 Å². The van der Waals surface area contributed by atoms with Gasteiger partial charge < -0.3 is 9.72 Å². The Morgan fingerprint density at radius 2 is 1.95 bits per heavy atom. The van der Waals surface area contributed by atoms with Gasteiger partial charge in [0.15, 0.2) is 5.78 Å². The lowest BCUT2D eigenvalue weighted by Crippen LogP contribution is -2.20. The molecule has 5 nitrogen and oxygen atoms in total. The zero-order chi connectivity index (χ0) is 13.8. The minimum atomic E-state index is -0.966. The molecular formula is C14H13NO4. The number of aromatic amines is 1. The van der Waals surface area contributed by atoms with Crippen LogP contribution in [0.4, 0.5) is 0 Å². The normalized spacial score (nSPS) is 10.4. The highest BCUT2D eigenvalue weighted by Crippen LogP contribution is 2.15. The number of carbonyl (C=O) groups is 3. The fourth-order valence-corrected chi connectivity index (χ4v) is 1.75. The summed E-state index contributed by atoms with van der Waals surface area (Å²) in [5, 5.41) is 0.884. The third-order valence-electron chi connectivity index (χ3n) is 2.65. The number of Topliss-reactive ketones (excluding diaryl/α,β-unsaturated/α-hetero) is 2. The Bertz CT molecular complexity index is 609.